The normalized spacial score (nSPS) is 16.4. The molecule has 0 unspecified atom stereocenters. The molecule has 0 bridgehead atoms. The van der Waals surface area contributed by atoms with Crippen molar-refractivity contribution >= 4 is 46.4 Å². The van der Waals surface area contributed by atoms with Gasteiger partial charge in [0.05, 0.1) is 15.7 Å². The molecule has 164 valence electrons. The van der Waals surface area contributed by atoms with Crippen molar-refractivity contribution in [3.8, 4) is 5.88 Å². The number of fused-ring (bicyclic) bond motifs is 1. The van der Waals surface area contributed by atoms with Gasteiger partial charge in [-0.05, 0) is 61.7 Å². The van der Waals surface area contributed by atoms with Gasteiger partial charge in [-0.3, -0.25) is 9.69 Å². The number of hydrogen-bond acceptors (Lipinski definition) is 6. The lowest BCUT2D eigenvalue weighted by atomic mass is 9.90. The Morgan fingerprint density at radius 2 is 1.78 bits per heavy atom. The van der Waals surface area contributed by atoms with Crippen LogP contribution in [-0.2, 0) is 0 Å². The molecule has 2 aliphatic rings. The Kier molecular flexibility index (Phi) is 5.87. The third-order valence-electron chi connectivity index (χ3n) is 5.74. The van der Waals surface area contributed by atoms with Crippen LogP contribution < -0.4 is 20.3 Å². The summed E-state index contributed by atoms with van der Waals surface area (Å²) in [7, 11) is 0. The molecule has 3 heterocycles. The van der Waals surface area contributed by atoms with Crippen molar-refractivity contribution < 1.29 is 9.53 Å². The van der Waals surface area contributed by atoms with Gasteiger partial charge in [0.25, 0.3) is 5.91 Å². The number of nitrogens with one attached hydrogen (secondary N) is 2. The molecule has 1 amide bonds. The average Bonchev–Trinajstić information content (AvgIpc) is 2.81. The second-order valence-electron chi connectivity index (χ2n) is 7.76. The third-order valence-corrected chi connectivity index (χ3v) is 6.35. The number of nitrogens with zero attached hydrogens (tertiary/aromatic N) is 3. The van der Waals surface area contributed by atoms with Crippen LogP contribution in [0.4, 0.5) is 17.3 Å². The van der Waals surface area contributed by atoms with Crippen LogP contribution in [-0.4, -0.2) is 35.7 Å². The van der Waals surface area contributed by atoms with Crippen molar-refractivity contribution in [2.75, 3.05) is 30.0 Å². The summed E-state index contributed by atoms with van der Waals surface area (Å²) in [6.07, 6.45) is 3.76. The summed E-state index contributed by atoms with van der Waals surface area (Å²) >= 11 is 12.5. The molecular weight excluding hydrogens is 449 g/mol. The first-order valence-electron chi connectivity index (χ1n) is 10.4. The van der Waals surface area contributed by atoms with Gasteiger partial charge < -0.3 is 15.4 Å². The maximum atomic E-state index is 13.0. The van der Waals surface area contributed by atoms with Gasteiger partial charge in [-0.15, -0.1) is 0 Å². The smallest absolute Gasteiger partial charge is 0.268 e. The van der Waals surface area contributed by atoms with Gasteiger partial charge in [0.15, 0.2) is 6.73 Å². The first-order chi connectivity index (χ1) is 15.6. The molecule has 2 aromatic carbocycles. The van der Waals surface area contributed by atoms with Crippen LogP contribution in [0.25, 0.3) is 0 Å². The van der Waals surface area contributed by atoms with Gasteiger partial charge >= 0.3 is 0 Å². The minimum atomic E-state index is -0.320. The molecule has 0 spiro atoms. The monoisotopic (exact) mass is 469 g/mol. The van der Waals surface area contributed by atoms with Gasteiger partial charge in [-0.2, -0.15) is 4.98 Å². The van der Waals surface area contributed by atoms with Gasteiger partial charge in [-0.1, -0.05) is 41.4 Å². The van der Waals surface area contributed by atoms with E-state index in [1.807, 2.05) is 12.1 Å². The number of ether oxygens (including phenoxy) is 1. The molecule has 1 aromatic heterocycles. The summed E-state index contributed by atoms with van der Waals surface area (Å²) in [5, 5.41) is 7.30. The summed E-state index contributed by atoms with van der Waals surface area (Å²) < 4.78 is 5.74. The lowest BCUT2D eigenvalue weighted by Gasteiger charge is -2.29. The highest BCUT2D eigenvalue weighted by Gasteiger charge is 2.31. The molecule has 0 saturated carbocycles. The van der Waals surface area contributed by atoms with E-state index in [0.717, 1.165) is 31.6 Å². The first-order valence-corrected chi connectivity index (χ1v) is 11.2. The second-order valence-corrected chi connectivity index (χ2v) is 8.58. The van der Waals surface area contributed by atoms with Crippen LogP contribution in [0, 0.1) is 0 Å². The van der Waals surface area contributed by atoms with Crippen LogP contribution in [0.2, 0.25) is 10.0 Å². The van der Waals surface area contributed by atoms with Crippen LogP contribution in [0.5, 0.6) is 5.88 Å². The fourth-order valence-corrected chi connectivity index (χ4v) is 4.65. The highest BCUT2D eigenvalue weighted by atomic mass is 35.5. The highest BCUT2D eigenvalue weighted by molar-refractivity contribution is 6.40. The Morgan fingerprint density at radius 3 is 2.50 bits per heavy atom. The summed E-state index contributed by atoms with van der Waals surface area (Å²) in [4.78, 5) is 23.1. The maximum Gasteiger partial charge on any atom is 0.268 e. The SMILES string of the molecule is O=C1c2cnc(Nc3ccc(C4CCNCC4)cc3)nc2OCN1c1c(Cl)cccc1Cl. The molecular formula is C23H21Cl2N5O2. The molecule has 7 nitrogen and oxygen atoms in total. The van der Waals surface area contributed by atoms with E-state index in [2.05, 4.69) is 32.7 Å². The zero-order valence-corrected chi connectivity index (χ0v) is 18.7. The molecule has 5 rings (SSSR count). The predicted molar refractivity (Wildman–Crippen MR) is 125 cm³/mol. The topological polar surface area (TPSA) is 79.4 Å². The molecule has 1 fully saturated rings. The summed E-state index contributed by atoms with van der Waals surface area (Å²) in [6, 6.07) is 13.4. The zero-order chi connectivity index (χ0) is 22.1. The number of halogens is 2. The molecule has 9 heteroatoms. The first kappa shape index (κ1) is 21.0. The minimum Gasteiger partial charge on any atom is -0.455 e. The third kappa shape index (κ3) is 4.11. The van der Waals surface area contributed by atoms with E-state index in [9.17, 15) is 4.79 Å². The van der Waals surface area contributed by atoms with E-state index in [4.69, 9.17) is 27.9 Å². The van der Waals surface area contributed by atoms with Crippen molar-refractivity contribution in [3.05, 3.63) is 69.8 Å². The number of aromatic nitrogens is 2. The van der Waals surface area contributed by atoms with Crippen LogP contribution in [0.1, 0.15) is 34.7 Å². The second kappa shape index (κ2) is 8.94. The standard InChI is InChI=1S/C23H21Cl2N5O2/c24-18-2-1-3-19(25)20(18)30-13-32-21-17(22(30)31)12-27-23(29-21)28-16-6-4-14(5-7-16)15-8-10-26-11-9-15/h1-7,12,15,26H,8-11,13H2,(H,27,28,29). The lowest BCUT2D eigenvalue weighted by Crippen LogP contribution is -2.39. The number of rotatable bonds is 4. The Bertz CT molecular complexity index is 1130. The van der Waals surface area contributed by atoms with Gasteiger partial charge in [-0.25, -0.2) is 4.98 Å². The van der Waals surface area contributed by atoms with Crippen LogP contribution in [0.15, 0.2) is 48.7 Å². The molecule has 0 atom stereocenters. The summed E-state index contributed by atoms with van der Waals surface area (Å²) in [5.41, 5.74) is 2.87. The molecule has 32 heavy (non-hydrogen) atoms. The van der Waals surface area contributed by atoms with Crippen molar-refractivity contribution in [1.29, 1.82) is 0 Å². The molecule has 0 radical (unpaired) electrons. The van der Waals surface area contributed by atoms with Crippen LogP contribution in [0.3, 0.4) is 0 Å². The number of amides is 1. The molecule has 0 aliphatic carbocycles. The number of piperidine rings is 1. The van der Waals surface area contributed by atoms with E-state index in [1.54, 1.807) is 18.2 Å². The van der Waals surface area contributed by atoms with Gasteiger partial charge in [0.1, 0.15) is 5.56 Å². The van der Waals surface area contributed by atoms with Gasteiger partial charge in [0, 0.05) is 11.9 Å². The van der Waals surface area contributed by atoms with Crippen molar-refractivity contribution in [3.63, 3.8) is 0 Å². The fourth-order valence-electron chi connectivity index (χ4n) is 4.05. The maximum absolute atomic E-state index is 13.0. The lowest BCUT2D eigenvalue weighted by molar-refractivity contribution is 0.0932. The van der Waals surface area contributed by atoms with Crippen molar-refractivity contribution in [2.24, 2.45) is 0 Å². The van der Waals surface area contributed by atoms with Crippen molar-refractivity contribution in [1.82, 2.24) is 15.3 Å². The quantitative estimate of drug-likeness (QED) is 0.560. The molecule has 1 saturated heterocycles. The highest BCUT2D eigenvalue weighted by Crippen LogP contribution is 2.37. The van der Waals surface area contributed by atoms with Crippen LogP contribution >= 0.6 is 23.2 Å². The molecule has 3 aromatic rings. The number of hydrogen-bond donors (Lipinski definition) is 2. The number of anilines is 3. The minimum absolute atomic E-state index is 0.0450. The number of carbonyl (C=O) groups is 1. The molecule has 2 aliphatic heterocycles. The Labute approximate surface area is 195 Å². The van der Waals surface area contributed by atoms with Gasteiger partial charge in [0.2, 0.25) is 11.8 Å². The van der Waals surface area contributed by atoms with E-state index < -0.39 is 0 Å². The Morgan fingerprint density at radius 1 is 1.06 bits per heavy atom. The fraction of sp³-hybridized carbons (Fsp3) is 0.261. The summed E-state index contributed by atoms with van der Waals surface area (Å²) in [6.45, 7) is 2.08. The van der Waals surface area contributed by atoms with E-state index in [0.29, 0.717) is 27.6 Å². The number of carbonyl (C=O) groups excluding carboxylic acids is 1. The number of para-hydroxylation sites is 1. The Balaban J connectivity index is 1.32. The number of benzene rings is 2. The van der Waals surface area contributed by atoms with E-state index in [1.165, 1.54) is 16.7 Å². The van der Waals surface area contributed by atoms with E-state index >= 15 is 0 Å². The Hall–Kier alpha value is -2.87. The predicted octanol–water partition coefficient (Wildman–Crippen LogP) is 4.99. The van der Waals surface area contributed by atoms with Crippen molar-refractivity contribution in [2.45, 2.75) is 18.8 Å². The average molecular weight is 470 g/mol. The summed E-state index contributed by atoms with van der Waals surface area (Å²) in [5.74, 6) is 0.854. The zero-order valence-electron chi connectivity index (χ0n) is 17.1. The largest absolute Gasteiger partial charge is 0.455 e. The van der Waals surface area contributed by atoms with E-state index in [-0.39, 0.29) is 24.1 Å². The molecule has 2 N–H and O–H groups in total.